The van der Waals surface area contributed by atoms with Gasteiger partial charge in [0.2, 0.25) is 0 Å². The normalized spacial score (nSPS) is 25.9. The molecule has 0 aliphatic carbocycles. The Labute approximate surface area is 111 Å². The minimum absolute atomic E-state index is 0.0262. The molecule has 2 atom stereocenters. The molecular weight excluding hydrogens is 248 g/mol. The first-order valence-electron chi connectivity index (χ1n) is 6.42. The quantitative estimate of drug-likeness (QED) is 0.699. The molecule has 1 amide bonds. The Morgan fingerprint density at radius 3 is 3.00 bits per heavy atom. The average Bonchev–Trinajstić information content (AvgIpc) is 2.92. The van der Waals surface area contributed by atoms with Gasteiger partial charge in [0, 0.05) is 6.54 Å². The summed E-state index contributed by atoms with van der Waals surface area (Å²) in [7, 11) is 0. The molecule has 7 heteroatoms. The summed E-state index contributed by atoms with van der Waals surface area (Å²) >= 11 is 0. The van der Waals surface area contributed by atoms with E-state index in [-0.39, 0.29) is 18.2 Å². The molecule has 2 aliphatic rings. The number of likely N-dealkylation sites (tertiary alicyclic amines) is 1. The van der Waals surface area contributed by atoms with E-state index in [0.29, 0.717) is 19.7 Å². The Hall–Kier alpha value is -1.63. The van der Waals surface area contributed by atoms with Crippen molar-refractivity contribution in [1.29, 1.82) is 0 Å². The third-order valence-corrected chi connectivity index (χ3v) is 3.30. The molecule has 0 aromatic carbocycles. The number of hydrogen-bond acceptors (Lipinski definition) is 5. The average molecular weight is 266 g/mol. The fraction of sp³-hybridized carbons (Fsp3) is 0.750. The van der Waals surface area contributed by atoms with Crippen LogP contribution in [0.15, 0.2) is 6.20 Å². The van der Waals surface area contributed by atoms with Crippen LogP contribution < -0.4 is 0 Å². The summed E-state index contributed by atoms with van der Waals surface area (Å²) < 4.78 is 13.0. The van der Waals surface area contributed by atoms with E-state index in [0.717, 1.165) is 5.69 Å². The number of hydrogen-bond donors (Lipinski definition) is 0. The minimum Gasteiger partial charge on any atom is -0.444 e. The maximum atomic E-state index is 12.1. The van der Waals surface area contributed by atoms with Crippen molar-refractivity contribution < 1.29 is 14.3 Å². The van der Waals surface area contributed by atoms with Crippen molar-refractivity contribution in [2.24, 2.45) is 0 Å². The second-order valence-electron chi connectivity index (χ2n) is 5.97. The van der Waals surface area contributed by atoms with Gasteiger partial charge in [0.05, 0.1) is 37.2 Å². The van der Waals surface area contributed by atoms with Gasteiger partial charge < -0.3 is 14.4 Å². The van der Waals surface area contributed by atoms with Gasteiger partial charge in [0.15, 0.2) is 0 Å². The van der Waals surface area contributed by atoms with Gasteiger partial charge in [-0.25, -0.2) is 9.48 Å². The van der Waals surface area contributed by atoms with Crippen LogP contribution in [0.5, 0.6) is 0 Å². The van der Waals surface area contributed by atoms with Crippen LogP contribution in [-0.4, -0.2) is 50.8 Å². The van der Waals surface area contributed by atoms with E-state index in [9.17, 15) is 4.79 Å². The highest BCUT2D eigenvalue weighted by atomic mass is 16.6. The standard InChI is InChI=1S/C12H18N4O3/c1-12(2,3)19-11(17)15-5-9-10(6-15)18-7-8-4-13-14-16(8)9/h4,9-10H,5-7H2,1-3H3/t9-,10-/m0/s1. The Morgan fingerprint density at radius 2 is 2.26 bits per heavy atom. The van der Waals surface area contributed by atoms with Gasteiger partial charge in [-0.3, -0.25) is 0 Å². The van der Waals surface area contributed by atoms with Crippen molar-refractivity contribution in [2.75, 3.05) is 13.1 Å². The Morgan fingerprint density at radius 1 is 1.47 bits per heavy atom. The van der Waals surface area contributed by atoms with E-state index in [1.165, 1.54) is 0 Å². The lowest BCUT2D eigenvalue weighted by Gasteiger charge is -2.25. The first-order chi connectivity index (χ1) is 8.94. The van der Waals surface area contributed by atoms with Crippen LogP contribution in [0.1, 0.15) is 32.5 Å². The first-order valence-corrected chi connectivity index (χ1v) is 6.42. The summed E-state index contributed by atoms with van der Waals surface area (Å²) in [6.45, 7) is 7.17. The molecular formula is C12H18N4O3. The molecule has 0 bridgehead atoms. The zero-order valence-corrected chi connectivity index (χ0v) is 11.4. The molecule has 7 nitrogen and oxygen atoms in total. The lowest BCUT2D eigenvalue weighted by Crippen LogP contribution is -2.36. The number of ether oxygens (including phenoxy) is 2. The third-order valence-electron chi connectivity index (χ3n) is 3.30. The van der Waals surface area contributed by atoms with Gasteiger partial charge in [-0.1, -0.05) is 5.21 Å². The highest BCUT2D eigenvalue weighted by Crippen LogP contribution is 2.30. The van der Waals surface area contributed by atoms with Crippen LogP contribution in [0, 0.1) is 0 Å². The molecule has 19 heavy (non-hydrogen) atoms. The zero-order chi connectivity index (χ0) is 13.6. The molecule has 0 saturated carbocycles. The summed E-state index contributed by atoms with van der Waals surface area (Å²) in [4.78, 5) is 13.7. The Bertz CT molecular complexity index is 493. The van der Waals surface area contributed by atoms with Crippen LogP contribution in [-0.2, 0) is 16.1 Å². The Kier molecular flexibility index (Phi) is 2.74. The van der Waals surface area contributed by atoms with Gasteiger partial charge in [0.1, 0.15) is 5.60 Å². The highest BCUT2D eigenvalue weighted by Gasteiger charge is 2.42. The number of aromatic nitrogens is 3. The minimum atomic E-state index is -0.482. The topological polar surface area (TPSA) is 69.5 Å². The third kappa shape index (κ3) is 2.30. The van der Waals surface area contributed by atoms with Crippen molar-refractivity contribution >= 4 is 6.09 Å². The van der Waals surface area contributed by atoms with Crippen LogP contribution in [0.3, 0.4) is 0 Å². The SMILES string of the molecule is CC(C)(C)OC(=O)N1C[C@@H]2OCc3cnnn3[C@H]2C1. The molecule has 1 aromatic rings. The van der Waals surface area contributed by atoms with E-state index in [1.807, 2.05) is 25.5 Å². The van der Waals surface area contributed by atoms with Crippen LogP contribution in [0.2, 0.25) is 0 Å². The number of fused-ring (bicyclic) bond motifs is 3. The molecule has 0 spiro atoms. The molecule has 1 saturated heterocycles. The molecule has 2 aliphatic heterocycles. The van der Waals surface area contributed by atoms with Crippen molar-refractivity contribution in [1.82, 2.24) is 19.9 Å². The number of carbonyl (C=O) groups excluding carboxylic acids is 1. The second kappa shape index (κ2) is 4.19. The van der Waals surface area contributed by atoms with Crippen molar-refractivity contribution in [3.63, 3.8) is 0 Å². The molecule has 0 unspecified atom stereocenters. The maximum Gasteiger partial charge on any atom is 0.410 e. The monoisotopic (exact) mass is 266 g/mol. The lowest BCUT2D eigenvalue weighted by atomic mass is 10.2. The molecule has 0 N–H and O–H groups in total. The largest absolute Gasteiger partial charge is 0.444 e. The molecule has 3 rings (SSSR count). The zero-order valence-electron chi connectivity index (χ0n) is 11.4. The summed E-state index contributed by atoms with van der Waals surface area (Å²) in [6.07, 6.45) is 1.38. The maximum absolute atomic E-state index is 12.1. The van der Waals surface area contributed by atoms with Crippen LogP contribution in [0.4, 0.5) is 4.79 Å². The summed E-state index contributed by atoms with van der Waals surface area (Å²) in [5, 5.41) is 7.97. The fourth-order valence-electron chi connectivity index (χ4n) is 2.47. The number of nitrogens with zero attached hydrogens (tertiary/aromatic N) is 4. The molecule has 104 valence electrons. The predicted octanol–water partition coefficient (Wildman–Crippen LogP) is 0.969. The van der Waals surface area contributed by atoms with E-state index < -0.39 is 5.60 Å². The van der Waals surface area contributed by atoms with Gasteiger partial charge in [0.25, 0.3) is 0 Å². The Balaban J connectivity index is 1.72. The van der Waals surface area contributed by atoms with E-state index >= 15 is 0 Å². The van der Waals surface area contributed by atoms with Crippen molar-refractivity contribution in [2.45, 2.75) is 45.1 Å². The summed E-state index contributed by atoms with van der Waals surface area (Å²) in [6, 6.07) is 0.0405. The van der Waals surface area contributed by atoms with Gasteiger partial charge in [-0.2, -0.15) is 0 Å². The lowest BCUT2D eigenvalue weighted by molar-refractivity contribution is -0.00742. The second-order valence-corrected chi connectivity index (χ2v) is 5.97. The molecule has 1 fully saturated rings. The van der Waals surface area contributed by atoms with E-state index in [1.54, 1.807) is 11.1 Å². The highest BCUT2D eigenvalue weighted by molar-refractivity contribution is 5.68. The van der Waals surface area contributed by atoms with Gasteiger partial charge in [-0.15, -0.1) is 5.10 Å². The van der Waals surface area contributed by atoms with E-state index in [2.05, 4.69) is 10.3 Å². The van der Waals surface area contributed by atoms with E-state index in [4.69, 9.17) is 9.47 Å². The van der Waals surface area contributed by atoms with Crippen molar-refractivity contribution in [3.05, 3.63) is 11.9 Å². The predicted molar refractivity (Wildman–Crippen MR) is 65.4 cm³/mol. The van der Waals surface area contributed by atoms with Crippen molar-refractivity contribution in [3.8, 4) is 0 Å². The molecule has 3 heterocycles. The fourth-order valence-corrected chi connectivity index (χ4v) is 2.47. The van der Waals surface area contributed by atoms with Crippen LogP contribution >= 0.6 is 0 Å². The molecule has 1 aromatic heterocycles. The van der Waals surface area contributed by atoms with Gasteiger partial charge >= 0.3 is 6.09 Å². The number of amides is 1. The molecule has 0 radical (unpaired) electrons. The number of rotatable bonds is 0. The van der Waals surface area contributed by atoms with Crippen LogP contribution in [0.25, 0.3) is 0 Å². The number of carbonyl (C=O) groups is 1. The summed E-state index contributed by atoms with van der Waals surface area (Å²) in [5.41, 5.74) is 0.469. The summed E-state index contributed by atoms with van der Waals surface area (Å²) in [5.74, 6) is 0. The van der Waals surface area contributed by atoms with Gasteiger partial charge in [-0.05, 0) is 20.8 Å². The first kappa shape index (κ1) is 12.4. The smallest absolute Gasteiger partial charge is 0.410 e.